The van der Waals surface area contributed by atoms with Crippen molar-refractivity contribution >= 4 is 17.6 Å². The lowest BCUT2D eigenvalue weighted by Crippen LogP contribution is -2.43. The van der Waals surface area contributed by atoms with Crippen LogP contribution in [0.1, 0.15) is 12.5 Å². The largest absolute Gasteiger partial charge is 0.480 e. The number of hydrogen-bond donors (Lipinski definition) is 2. The quantitative estimate of drug-likeness (QED) is 0.820. The molecule has 0 radical (unpaired) electrons. The number of anilines is 1. The Balaban J connectivity index is 1.97. The number of benzene rings is 1. The summed E-state index contributed by atoms with van der Waals surface area (Å²) in [6, 6.07) is 7.07. The number of para-hydroxylation sites is 1. The lowest BCUT2D eigenvalue weighted by Gasteiger charge is -2.18. The molecular weight excluding hydrogens is 232 g/mol. The Bertz CT molecular complexity index is 473. The number of nitrogens with one attached hydrogen (secondary N) is 1. The van der Waals surface area contributed by atoms with Gasteiger partial charge in [0.25, 0.3) is 0 Å². The summed E-state index contributed by atoms with van der Waals surface area (Å²) < 4.78 is 0. The van der Waals surface area contributed by atoms with Crippen LogP contribution in [-0.4, -0.2) is 36.1 Å². The summed E-state index contributed by atoms with van der Waals surface area (Å²) in [6.45, 7) is 2.23. The first kappa shape index (κ1) is 12.6. The zero-order chi connectivity index (χ0) is 13.1. The molecule has 0 fully saturated rings. The Morgan fingerprint density at radius 1 is 1.44 bits per heavy atom. The van der Waals surface area contributed by atoms with Gasteiger partial charge < -0.3 is 10.0 Å². The van der Waals surface area contributed by atoms with E-state index in [4.69, 9.17) is 5.11 Å². The van der Waals surface area contributed by atoms with Gasteiger partial charge in [-0.15, -0.1) is 0 Å². The third-order valence-corrected chi connectivity index (χ3v) is 3.12. The fraction of sp³-hybridized carbons (Fsp3) is 0.385. The van der Waals surface area contributed by atoms with E-state index in [9.17, 15) is 9.59 Å². The number of carboxylic acid groups (broad SMARTS) is 1. The number of nitrogens with zero attached hydrogens (tertiary/aromatic N) is 1. The summed E-state index contributed by atoms with van der Waals surface area (Å²) >= 11 is 0. The van der Waals surface area contributed by atoms with Gasteiger partial charge in [0.1, 0.15) is 6.04 Å². The third-order valence-electron chi connectivity index (χ3n) is 3.12. The molecule has 1 aromatic rings. The number of amides is 1. The van der Waals surface area contributed by atoms with Gasteiger partial charge in [-0.25, -0.2) is 0 Å². The van der Waals surface area contributed by atoms with E-state index in [-0.39, 0.29) is 12.5 Å². The SMILES string of the molecule is C[C@H](NCC(=O)N1CCc2ccccc21)C(=O)O. The minimum atomic E-state index is -0.954. The minimum Gasteiger partial charge on any atom is -0.480 e. The van der Waals surface area contributed by atoms with E-state index in [0.29, 0.717) is 6.54 Å². The highest BCUT2D eigenvalue weighted by Crippen LogP contribution is 2.27. The van der Waals surface area contributed by atoms with Crippen molar-refractivity contribution in [3.8, 4) is 0 Å². The second kappa shape index (κ2) is 5.18. The Labute approximate surface area is 105 Å². The standard InChI is InChI=1S/C13H16N2O3/c1-9(13(17)18)14-8-12(16)15-7-6-10-4-2-3-5-11(10)15/h2-5,9,14H,6-8H2,1H3,(H,17,18)/t9-/m0/s1. The van der Waals surface area contributed by atoms with Crippen LogP contribution in [0.3, 0.4) is 0 Å². The number of rotatable bonds is 4. The number of fused-ring (bicyclic) bond motifs is 1. The van der Waals surface area contributed by atoms with Crippen LogP contribution in [0.15, 0.2) is 24.3 Å². The van der Waals surface area contributed by atoms with E-state index in [1.807, 2.05) is 24.3 Å². The summed E-state index contributed by atoms with van der Waals surface area (Å²) in [4.78, 5) is 24.4. The molecule has 2 rings (SSSR count). The number of carbonyl (C=O) groups is 2. The van der Waals surface area contributed by atoms with Gasteiger partial charge in [0.2, 0.25) is 5.91 Å². The smallest absolute Gasteiger partial charge is 0.320 e. The molecule has 0 unspecified atom stereocenters. The molecule has 0 spiro atoms. The highest BCUT2D eigenvalue weighted by molar-refractivity contribution is 5.97. The maximum Gasteiger partial charge on any atom is 0.320 e. The lowest BCUT2D eigenvalue weighted by atomic mass is 10.2. The molecule has 1 amide bonds. The van der Waals surface area contributed by atoms with Crippen LogP contribution in [0.25, 0.3) is 0 Å². The Hall–Kier alpha value is -1.88. The molecule has 1 aromatic carbocycles. The maximum absolute atomic E-state index is 12.0. The van der Waals surface area contributed by atoms with E-state index in [1.54, 1.807) is 4.90 Å². The summed E-state index contributed by atoms with van der Waals surface area (Å²) in [5.74, 6) is -1.04. The molecule has 1 atom stereocenters. The van der Waals surface area contributed by atoms with E-state index < -0.39 is 12.0 Å². The van der Waals surface area contributed by atoms with Crippen molar-refractivity contribution in [1.29, 1.82) is 0 Å². The number of carboxylic acids is 1. The third kappa shape index (κ3) is 2.51. The van der Waals surface area contributed by atoms with Crippen molar-refractivity contribution in [3.63, 3.8) is 0 Å². The van der Waals surface area contributed by atoms with Gasteiger partial charge in [0.05, 0.1) is 6.54 Å². The maximum atomic E-state index is 12.0. The molecule has 96 valence electrons. The highest BCUT2D eigenvalue weighted by atomic mass is 16.4. The van der Waals surface area contributed by atoms with Crippen molar-refractivity contribution in [2.75, 3.05) is 18.0 Å². The first-order valence-electron chi connectivity index (χ1n) is 5.94. The Morgan fingerprint density at radius 2 is 2.17 bits per heavy atom. The van der Waals surface area contributed by atoms with E-state index in [2.05, 4.69) is 5.32 Å². The molecule has 0 aliphatic carbocycles. The Morgan fingerprint density at radius 3 is 2.89 bits per heavy atom. The zero-order valence-electron chi connectivity index (χ0n) is 10.2. The number of carbonyl (C=O) groups excluding carboxylic acids is 1. The normalized spacial score (nSPS) is 15.3. The topological polar surface area (TPSA) is 69.6 Å². The molecule has 5 nitrogen and oxygen atoms in total. The number of hydrogen-bond acceptors (Lipinski definition) is 3. The Kier molecular flexibility index (Phi) is 3.62. The summed E-state index contributed by atoms with van der Waals surface area (Å²) in [5, 5.41) is 11.4. The van der Waals surface area contributed by atoms with E-state index >= 15 is 0 Å². The highest BCUT2D eigenvalue weighted by Gasteiger charge is 2.24. The van der Waals surface area contributed by atoms with Crippen LogP contribution in [0.4, 0.5) is 5.69 Å². The molecule has 18 heavy (non-hydrogen) atoms. The van der Waals surface area contributed by atoms with Crippen LogP contribution in [0, 0.1) is 0 Å². The van der Waals surface area contributed by atoms with Gasteiger partial charge in [-0.3, -0.25) is 14.9 Å². The van der Waals surface area contributed by atoms with Gasteiger partial charge >= 0.3 is 5.97 Å². The molecule has 1 aliphatic rings. The van der Waals surface area contributed by atoms with Crippen molar-refractivity contribution in [3.05, 3.63) is 29.8 Å². The van der Waals surface area contributed by atoms with E-state index in [0.717, 1.165) is 17.7 Å². The second-order valence-corrected chi connectivity index (χ2v) is 4.36. The molecule has 1 heterocycles. The predicted molar refractivity (Wildman–Crippen MR) is 67.6 cm³/mol. The molecule has 0 saturated carbocycles. The van der Waals surface area contributed by atoms with Gasteiger partial charge in [0.15, 0.2) is 0 Å². The van der Waals surface area contributed by atoms with Crippen LogP contribution in [-0.2, 0) is 16.0 Å². The average molecular weight is 248 g/mol. The first-order chi connectivity index (χ1) is 8.59. The van der Waals surface area contributed by atoms with Crippen LogP contribution in [0.2, 0.25) is 0 Å². The fourth-order valence-electron chi connectivity index (χ4n) is 2.02. The molecular formula is C13H16N2O3. The average Bonchev–Trinajstić information content (AvgIpc) is 2.79. The minimum absolute atomic E-state index is 0.0435. The molecule has 0 bridgehead atoms. The van der Waals surface area contributed by atoms with Crippen LogP contribution < -0.4 is 10.2 Å². The molecule has 0 aromatic heterocycles. The van der Waals surface area contributed by atoms with Crippen molar-refractivity contribution in [2.45, 2.75) is 19.4 Å². The second-order valence-electron chi connectivity index (χ2n) is 4.36. The van der Waals surface area contributed by atoms with Crippen LogP contribution >= 0.6 is 0 Å². The summed E-state index contributed by atoms with van der Waals surface area (Å²) in [7, 11) is 0. The lowest BCUT2D eigenvalue weighted by molar-refractivity contribution is -0.139. The molecule has 1 aliphatic heterocycles. The molecule has 2 N–H and O–H groups in total. The van der Waals surface area contributed by atoms with Gasteiger partial charge in [-0.05, 0) is 25.0 Å². The van der Waals surface area contributed by atoms with Gasteiger partial charge in [-0.1, -0.05) is 18.2 Å². The summed E-state index contributed by atoms with van der Waals surface area (Å²) in [6.07, 6.45) is 0.858. The van der Waals surface area contributed by atoms with Crippen molar-refractivity contribution < 1.29 is 14.7 Å². The van der Waals surface area contributed by atoms with Gasteiger partial charge in [-0.2, -0.15) is 0 Å². The molecule has 5 heteroatoms. The first-order valence-corrected chi connectivity index (χ1v) is 5.94. The van der Waals surface area contributed by atoms with Crippen molar-refractivity contribution in [2.24, 2.45) is 0 Å². The zero-order valence-corrected chi connectivity index (χ0v) is 10.2. The number of aliphatic carboxylic acids is 1. The van der Waals surface area contributed by atoms with Crippen LogP contribution in [0.5, 0.6) is 0 Å². The predicted octanol–water partition coefficient (Wildman–Crippen LogP) is 0.638. The summed E-state index contributed by atoms with van der Waals surface area (Å²) in [5.41, 5.74) is 2.10. The van der Waals surface area contributed by atoms with Crippen molar-refractivity contribution in [1.82, 2.24) is 5.32 Å². The fourth-order valence-corrected chi connectivity index (χ4v) is 2.02. The monoisotopic (exact) mass is 248 g/mol. The van der Waals surface area contributed by atoms with E-state index in [1.165, 1.54) is 6.92 Å². The van der Waals surface area contributed by atoms with Gasteiger partial charge in [0, 0.05) is 12.2 Å². The molecule has 0 saturated heterocycles.